The van der Waals surface area contributed by atoms with Crippen LogP contribution in [0.25, 0.3) is 10.9 Å². The minimum Gasteiger partial charge on any atom is -0.488 e. The molecule has 7 nitrogen and oxygen atoms in total. The zero-order valence-corrected chi connectivity index (χ0v) is 21.1. The van der Waals surface area contributed by atoms with Gasteiger partial charge in [0, 0.05) is 24.2 Å². The standard InChI is InChI=1S/C26H32N2O5S/c1-6-32-26(29)24(15-18(2)3)28(5)34(30,31)21-13-11-20(12-14-21)17-33-25-16-19(4)27-23-10-8-7-9-22(23)25/h7-14,16,18,24H,6,15,17H2,1-5H3/t24-/m0/s1. The second kappa shape index (κ2) is 11.0. The molecule has 0 saturated carbocycles. The van der Waals surface area contributed by atoms with Gasteiger partial charge in [-0.25, -0.2) is 8.42 Å². The molecule has 0 unspecified atom stereocenters. The number of benzene rings is 2. The van der Waals surface area contributed by atoms with Crippen molar-refractivity contribution in [3.8, 4) is 5.75 Å². The predicted molar refractivity (Wildman–Crippen MR) is 132 cm³/mol. The highest BCUT2D eigenvalue weighted by Crippen LogP contribution is 2.27. The normalized spacial score (nSPS) is 12.8. The molecule has 0 saturated heterocycles. The number of nitrogens with zero attached hydrogens (tertiary/aromatic N) is 2. The van der Waals surface area contributed by atoms with E-state index in [1.54, 1.807) is 19.1 Å². The first-order valence-corrected chi connectivity index (χ1v) is 12.8. The molecule has 1 heterocycles. The summed E-state index contributed by atoms with van der Waals surface area (Å²) in [6.07, 6.45) is 0.375. The first-order chi connectivity index (χ1) is 16.1. The summed E-state index contributed by atoms with van der Waals surface area (Å²) in [4.78, 5) is 17.1. The number of hydrogen-bond donors (Lipinski definition) is 0. The summed E-state index contributed by atoms with van der Waals surface area (Å²) < 4.78 is 38.7. The summed E-state index contributed by atoms with van der Waals surface area (Å²) in [5, 5.41) is 0.920. The molecular weight excluding hydrogens is 452 g/mol. The van der Waals surface area contributed by atoms with E-state index in [0.717, 1.165) is 32.2 Å². The molecule has 3 rings (SSSR count). The van der Waals surface area contributed by atoms with Gasteiger partial charge in [0.05, 0.1) is 17.0 Å². The molecule has 1 atom stereocenters. The average molecular weight is 485 g/mol. The fourth-order valence-electron chi connectivity index (χ4n) is 3.72. The molecule has 182 valence electrons. The van der Waals surface area contributed by atoms with E-state index in [-0.39, 0.29) is 24.0 Å². The van der Waals surface area contributed by atoms with Crippen molar-refractivity contribution in [3.05, 3.63) is 65.9 Å². The van der Waals surface area contributed by atoms with Crippen molar-refractivity contribution in [1.29, 1.82) is 0 Å². The highest BCUT2D eigenvalue weighted by Gasteiger charge is 2.34. The molecule has 34 heavy (non-hydrogen) atoms. The van der Waals surface area contributed by atoms with Gasteiger partial charge in [0.25, 0.3) is 0 Å². The Kier molecular flexibility index (Phi) is 8.28. The minimum atomic E-state index is -3.88. The third-order valence-electron chi connectivity index (χ3n) is 5.49. The van der Waals surface area contributed by atoms with Gasteiger partial charge in [0.15, 0.2) is 0 Å². The highest BCUT2D eigenvalue weighted by atomic mass is 32.2. The topological polar surface area (TPSA) is 85.8 Å². The number of hydrogen-bond acceptors (Lipinski definition) is 6. The zero-order valence-electron chi connectivity index (χ0n) is 20.3. The van der Waals surface area contributed by atoms with Crippen molar-refractivity contribution < 1.29 is 22.7 Å². The molecule has 0 spiro atoms. The minimum absolute atomic E-state index is 0.113. The van der Waals surface area contributed by atoms with E-state index < -0.39 is 22.0 Å². The van der Waals surface area contributed by atoms with Gasteiger partial charge in [-0.3, -0.25) is 9.78 Å². The van der Waals surface area contributed by atoms with E-state index in [4.69, 9.17) is 9.47 Å². The maximum Gasteiger partial charge on any atom is 0.324 e. The molecule has 0 bridgehead atoms. The molecule has 2 aromatic carbocycles. The Morgan fingerprint density at radius 1 is 1.09 bits per heavy atom. The van der Waals surface area contributed by atoms with E-state index in [2.05, 4.69) is 4.98 Å². The molecule has 0 amide bonds. The average Bonchev–Trinajstić information content (AvgIpc) is 2.80. The number of esters is 1. The van der Waals surface area contributed by atoms with Crippen LogP contribution in [0.3, 0.4) is 0 Å². The van der Waals surface area contributed by atoms with Crippen LogP contribution >= 0.6 is 0 Å². The van der Waals surface area contributed by atoms with Crippen LogP contribution in [-0.4, -0.2) is 43.4 Å². The Hall–Kier alpha value is -2.97. The van der Waals surface area contributed by atoms with Gasteiger partial charge in [-0.15, -0.1) is 0 Å². The van der Waals surface area contributed by atoms with Gasteiger partial charge in [-0.05, 0) is 56.0 Å². The summed E-state index contributed by atoms with van der Waals surface area (Å²) in [7, 11) is -2.46. The van der Waals surface area contributed by atoms with E-state index in [0.29, 0.717) is 6.42 Å². The lowest BCUT2D eigenvalue weighted by Gasteiger charge is -2.27. The van der Waals surface area contributed by atoms with Crippen molar-refractivity contribution in [1.82, 2.24) is 9.29 Å². The van der Waals surface area contributed by atoms with E-state index in [9.17, 15) is 13.2 Å². The SMILES string of the molecule is CCOC(=O)[C@H](CC(C)C)N(C)S(=O)(=O)c1ccc(COc2cc(C)nc3ccccc23)cc1. The van der Waals surface area contributed by atoms with Crippen molar-refractivity contribution in [2.24, 2.45) is 5.92 Å². The van der Waals surface area contributed by atoms with Gasteiger partial charge in [-0.1, -0.05) is 38.1 Å². The molecule has 0 fully saturated rings. The number of aromatic nitrogens is 1. The number of ether oxygens (including phenoxy) is 2. The second-order valence-corrected chi connectivity index (χ2v) is 10.6. The monoisotopic (exact) mass is 484 g/mol. The molecule has 0 N–H and O–H groups in total. The Bertz CT molecular complexity index is 1240. The highest BCUT2D eigenvalue weighted by molar-refractivity contribution is 7.89. The van der Waals surface area contributed by atoms with Gasteiger partial charge < -0.3 is 9.47 Å². The Morgan fingerprint density at radius 3 is 2.41 bits per heavy atom. The van der Waals surface area contributed by atoms with Crippen LogP contribution in [0.5, 0.6) is 5.75 Å². The first kappa shape index (κ1) is 25.6. The van der Waals surface area contributed by atoms with Crippen LogP contribution in [0, 0.1) is 12.8 Å². The van der Waals surface area contributed by atoms with Crippen LogP contribution in [0.4, 0.5) is 0 Å². The smallest absolute Gasteiger partial charge is 0.324 e. The van der Waals surface area contributed by atoms with Crippen LogP contribution in [0.15, 0.2) is 59.5 Å². The van der Waals surface area contributed by atoms with Gasteiger partial charge in [-0.2, -0.15) is 4.31 Å². The Balaban J connectivity index is 1.77. The van der Waals surface area contributed by atoms with Gasteiger partial charge in [0.1, 0.15) is 18.4 Å². The number of carbonyl (C=O) groups is 1. The second-order valence-electron chi connectivity index (χ2n) is 8.63. The number of likely N-dealkylation sites (N-methyl/N-ethyl adjacent to an activating group) is 1. The van der Waals surface area contributed by atoms with Crippen molar-refractivity contribution in [2.45, 2.75) is 51.7 Å². The molecule has 0 radical (unpaired) electrons. The summed E-state index contributed by atoms with van der Waals surface area (Å²) in [5.74, 6) is 0.317. The summed E-state index contributed by atoms with van der Waals surface area (Å²) in [5.41, 5.74) is 2.54. The summed E-state index contributed by atoms with van der Waals surface area (Å²) >= 11 is 0. The number of fused-ring (bicyclic) bond motifs is 1. The van der Waals surface area contributed by atoms with Crippen molar-refractivity contribution >= 4 is 26.9 Å². The molecule has 0 aliphatic rings. The maximum absolute atomic E-state index is 13.2. The molecule has 1 aromatic heterocycles. The lowest BCUT2D eigenvalue weighted by Crippen LogP contribution is -2.44. The fourth-order valence-corrected chi connectivity index (χ4v) is 5.04. The first-order valence-electron chi connectivity index (χ1n) is 11.4. The number of rotatable bonds is 10. The van der Waals surface area contributed by atoms with Crippen LogP contribution in [0.2, 0.25) is 0 Å². The summed E-state index contributed by atoms with van der Waals surface area (Å²) in [6.45, 7) is 7.97. The van der Waals surface area contributed by atoms with Crippen LogP contribution in [-0.2, 0) is 26.2 Å². The molecule has 0 aliphatic heterocycles. The molecule has 8 heteroatoms. The number of sulfonamides is 1. The largest absolute Gasteiger partial charge is 0.488 e. The van der Waals surface area contributed by atoms with Gasteiger partial charge in [0.2, 0.25) is 10.0 Å². The molecule has 0 aliphatic carbocycles. The quantitative estimate of drug-likeness (QED) is 0.387. The third kappa shape index (κ3) is 5.93. The van der Waals surface area contributed by atoms with Crippen LogP contribution in [0.1, 0.15) is 38.4 Å². The van der Waals surface area contributed by atoms with Crippen LogP contribution < -0.4 is 4.74 Å². The Morgan fingerprint density at radius 2 is 1.76 bits per heavy atom. The molecular formula is C26H32N2O5S. The summed E-state index contributed by atoms with van der Waals surface area (Å²) in [6, 6.07) is 15.3. The fraction of sp³-hybridized carbons (Fsp3) is 0.385. The van der Waals surface area contributed by atoms with E-state index >= 15 is 0 Å². The predicted octanol–water partition coefficient (Wildman–Crippen LogP) is 4.72. The zero-order chi connectivity index (χ0) is 24.9. The van der Waals surface area contributed by atoms with Gasteiger partial charge >= 0.3 is 5.97 Å². The van der Waals surface area contributed by atoms with Crippen molar-refractivity contribution in [3.63, 3.8) is 0 Å². The lowest BCUT2D eigenvalue weighted by atomic mass is 10.0. The lowest BCUT2D eigenvalue weighted by molar-refractivity contribution is -0.147. The van der Waals surface area contributed by atoms with E-state index in [1.807, 2.05) is 51.1 Å². The van der Waals surface area contributed by atoms with Crippen molar-refractivity contribution in [2.75, 3.05) is 13.7 Å². The number of para-hydroxylation sites is 1. The molecule has 3 aromatic rings. The Labute approximate surface area is 201 Å². The maximum atomic E-state index is 13.2. The number of aryl methyl sites for hydroxylation is 1. The number of pyridine rings is 1. The number of carbonyl (C=O) groups excluding carboxylic acids is 1. The van der Waals surface area contributed by atoms with E-state index in [1.165, 1.54) is 19.2 Å². The third-order valence-corrected chi connectivity index (χ3v) is 7.37.